The lowest BCUT2D eigenvalue weighted by molar-refractivity contribution is 0.428. The first-order valence-electron chi connectivity index (χ1n) is 7.90. The molecule has 0 spiro atoms. The molecule has 0 heterocycles. The fourth-order valence-electron chi connectivity index (χ4n) is 3.20. The molecule has 0 aliphatic heterocycles. The molecule has 0 saturated heterocycles. The minimum Gasteiger partial charge on any atom is -0.508 e. The SMILES string of the molecule is O=S(=O)(O)C(c1ccccc1)(c1cc(Cl)ccc1O)c1cc(Cl)c(Cl)c(Cl)c1O. The largest absolute Gasteiger partial charge is 0.508 e. The fraction of sp³-hybridized carbons (Fsp3) is 0.0526. The average molecular weight is 494 g/mol. The van der Waals surface area contributed by atoms with Crippen molar-refractivity contribution in [3.63, 3.8) is 0 Å². The topological polar surface area (TPSA) is 94.8 Å². The summed E-state index contributed by atoms with van der Waals surface area (Å²) in [5.41, 5.74) is -0.739. The van der Waals surface area contributed by atoms with Gasteiger partial charge < -0.3 is 10.2 Å². The summed E-state index contributed by atoms with van der Waals surface area (Å²) in [5, 5.41) is 20.5. The Bertz CT molecular complexity index is 1200. The van der Waals surface area contributed by atoms with Gasteiger partial charge >= 0.3 is 0 Å². The van der Waals surface area contributed by atoms with Crippen molar-refractivity contribution < 1.29 is 23.2 Å². The summed E-state index contributed by atoms with van der Waals surface area (Å²) in [6.07, 6.45) is 0. The first-order valence-corrected chi connectivity index (χ1v) is 10.9. The quantitative estimate of drug-likeness (QED) is 0.239. The van der Waals surface area contributed by atoms with Crippen LogP contribution in [-0.2, 0) is 14.9 Å². The summed E-state index contributed by atoms with van der Waals surface area (Å²) in [5.74, 6) is -1.24. The highest BCUT2D eigenvalue weighted by atomic mass is 35.5. The van der Waals surface area contributed by atoms with Crippen LogP contribution in [0.25, 0.3) is 0 Å². The van der Waals surface area contributed by atoms with E-state index in [9.17, 15) is 23.2 Å². The van der Waals surface area contributed by atoms with E-state index in [1.54, 1.807) is 6.07 Å². The lowest BCUT2D eigenvalue weighted by Gasteiger charge is -2.34. The Balaban J connectivity index is 2.65. The third kappa shape index (κ3) is 3.54. The van der Waals surface area contributed by atoms with Crippen molar-refractivity contribution in [2.75, 3.05) is 0 Å². The van der Waals surface area contributed by atoms with Gasteiger partial charge in [-0.3, -0.25) is 4.55 Å². The minimum absolute atomic E-state index is 0.00942. The van der Waals surface area contributed by atoms with Crippen LogP contribution in [0.3, 0.4) is 0 Å². The van der Waals surface area contributed by atoms with Crippen LogP contribution in [0.5, 0.6) is 11.5 Å². The Hall–Kier alpha value is -1.67. The van der Waals surface area contributed by atoms with Crippen molar-refractivity contribution >= 4 is 56.5 Å². The standard InChI is InChI=1S/C19H12Cl4O5S/c20-11-6-7-15(24)12(8-11)19(29(26,27)28,10-4-2-1-3-5-10)13-9-14(21)16(22)17(23)18(13)25/h1-9,24-25H,(H,26,27,28). The second-order valence-electron chi connectivity index (χ2n) is 6.07. The zero-order valence-corrected chi connectivity index (χ0v) is 18.1. The molecule has 5 nitrogen and oxygen atoms in total. The van der Waals surface area contributed by atoms with E-state index >= 15 is 0 Å². The molecular formula is C19H12Cl4O5S. The predicted molar refractivity (Wildman–Crippen MR) is 114 cm³/mol. The van der Waals surface area contributed by atoms with Gasteiger partial charge in [0.2, 0.25) is 0 Å². The monoisotopic (exact) mass is 492 g/mol. The van der Waals surface area contributed by atoms with Gasteiger partial charge in [0.05, 0.1) is 10.0 Å². The normalized spacial score (nSPS) is 13.8. The maximum Gasteiger partial charge on any atom is 0.283 e. The van der Waals surface area contributed by atoms with E-state index in [1.807, 2.05) is 0 Å². The van der Waals surface area contributed by atoms with E-state index in [1.165, 1.54) is 30.3 Å². The molecule has 10 heteroatoms. The van der Waals surface area contributed by atoms with Crippen molar-refractivity contribution in [3.8, 4) is 11.5 Å². The molecule has 152 valence electrons. The summed E-state index contributed by atoms with van der Waals surface area (Å²) < 4.78 is 33.8. The number of aromatic hydroxyl groups is 2. The Labute approximate surface area is 186 Å². The summed E-state index contributed by atoms with van der Waals surface area (Å²) in [6, 6.07) is 12.2. The lowest BCUT2D eigenvalue weighted by Crippen LogP contribution is -2.38. The van der Waals surface area contributed by atoms with Gasteiger partial charge in [0, 0.05) is 16.1 Å². The maximum absolute atomic E-state index is 12.9. The Morgan fingerprint density at radius 2 is 1.41 bits per heavy atom. The van der Waals surface area contributed by atoms with Crippen molar-refractivity contribution in [2.45, 2.75) is 4.75 Å². The van der Waals surface area contributed by atoms with Crippen LogP contribution < -0.4 is 0 Å². The molecule has 0 aliphatic carbocycles. The van der Waals surface area contributed by atoms with Crippen molar-refractivity contribution in [2.24, 2.45) is 0 Å². The number of hydrogen-bond donors (Lipinski definition) is 3. The van der Waals surface area contributed by atoms with Gasteiger partial charge in [0.15, 0.2) is 4.75 Å². The molecule has 1 unspecified atom stereocenters. The highest BCUT2D eigenvalue weighted by molar-refractivity contribution is 7.87. The van der Waals surface area contributed by atoms with Crippen LogP contribution in [0.15, 0.2) is 54.6 Å². The first kappa shape index (κ1) is 22.0. The summed E-state index contributed by atoms with van der Waals surface area (Å²) in [7, 11) is -5.13. The van der Waals surface area contributed by atoms with E-state index in [-0.39, 0.29) is 26.2 Å². The lowest BCUT2D eigenvalue weighted by atomic mass is 9.83. The molecule has 3 aromatic carbocycles. The molecule has 1 atom stereocenters. The average Bonchev–Trinajstić information content (AvgIpc) is 2.67. The van der Waals surface area contributed by atoms with Crippen LogP contribution in [0.2, 0.25) is 20.1 Å². The molecule has 0 saturated carbocycles. The Morgan fingerprint density at radius 1 is 0.793 bits per heavy atom. The summed E-state index contributed by atoms with van der Waals surface area (Å²) >= 11 is 24.2. The number of hydrogen-bond acceptors (Lipinski definition) is 4. The molecule has 0 bridgehead atoms. The van der Waals surface area contributed by atoms with E-state index < -0.39 is 37.0 Å². The molecule has 29 heavy (non-hydrogen) atoms. The molecule has 3 aromatic rings. The van der Waals surface area contributed by atoms with Crippen molar-refractivity contribution in [1.82, 2.24) is 0 Å². The van der Waals surface area contributed by atoms with Crippen molar-refractivity contribution in [1.29, 1.82) is 0 Å². The molecule has 0 aliphatic rings. The smallest absolute Gasteiger partial charge is 0.283 e. The van der Waals surface area contributed by atoms with Gasteiger partial charge in [-0.15, -0.1) is 0 Å². The second kappa shape index (κ2) is 7.87. The van der Waals surface area contributed by atoms with Gasteiger partial charge in [0.1, 0.15) is 16.5 Å². The number of rotatable bonds is 4. The van der Waals surface area contributed by atoms with Gasteiger partial charge in [-0.25, -0.2) is 0 Å². The van der Waals surface area contributed by atoms with E-state index in [0.717, 1.165) is 18.2 Å². The zero-order chi connectivity index (χ0) is 21.6. The van der Waals surface area contributed by atoms with E-state index in [4.69, 9.17) is 46.4 Å². The maximum atomic E-state index is 12.9. The highest BCUT2D eigenvalue weighted by Gasteiger charge is 2.52. The number of phenols is 2. The molecular weight excluding hydrogens is 482 g/mol. The minimum atomic E-state index is -5.13. The van der Waals surface area contributed by atoms with Crippen molar-refractivity contribution in [3.05, 3.63) is 91.4 Å². The predicted octanol–water partition coefficient (Wildman–Crippen LogP) is 5.89. The van der Waals surface area contributed by atoms with Crippen LogP contribution in [0.1, 0.15) is 16.7 Å². The Kier molecular flexibility index (Phi) is 5.98. The van der Waals surface area contributed by atoms with Crippen LogP contribution in [-0.4, -0.2) is 23.2 Å². The van der Waals surface area contributed by atoms with Gasteiger partial charge in [0.25, 0.3) is 10.1 Å². The fourth-order valence-corrected chi connectivity index (χ4v) is 5.28. The Morgan fingerprint density at radius 3 is 2.00 bits per heavy atom. The molecule has 0 radical (unpaired) electrons. The van der Waals surface area contributed by atoms with Crippen LogP contribution >= 0.6 is 46.4 Å². The van der Waals surface area contributed by atoms with Gasteiger partial charge in [-0.05, 0) is 29.8 Å². The molecule has 0 amide bonds. The molecule has 0 aromatic heterocycles. The van der Waals surface area contributed by atoms with E-state index in [2.05, 4.69) is 0 Å². The second-order valence-corrected chi connectivity index (χ2v) is 9.23. The van der Waals surface area contributed by atoms with Crippen LogP contribution in [0.4, 0.5) is 0 Å². The summed E-state index contributed by atoms with van der Waals surface area (Å²) in [6.45, 7) is 0. The molecule has 0 fully saturated rings. The third-order valence-electron chi connectivity index (χ3n) is 4.42. The highest BCUT2D eigenvalue weighted by Crippen LogP contribution is 2.53. The van der Waals surface area contributed by atoms with E-state index in [0.29, 0.717) is 0 Å². The molecule has 3 rings (SSSR count). The number of halogens is 4. The summed E-state index contributed by atoms with van der Waals surface area (Å²) in [4.78, 5) is 0. The number of benzene rings is 3. The zero-order valence-electron chi connectivity index (χ0n) is 14.3. The van der Waals surface area contributed by atoms with Gasteiger partial charge in [-0.1, -0.05) is 76.7 Å². The number of phenolic OH excluding ortho intramolecular Hbond substituents is 2. The first-order chi connectivity index (χ1) is 13.5. The van der Waals surface area contributed by atoms with Gasteiger partial charge in [-0.2, -0.15) is 8.42 Å². The third-order valence-corrected chi connectivity index (χ3v) is 7.36. The molecule has 3 N–H and O–H groups in total. The van der Waals surface area contributed by atoms with Crippen LogP contribution in [0, 0.1) is 0 Å².